The van der Waals surface area contributed by atoms with Crippen LogP contribution in [0, 0.1) is 6.92 Å². The Kier molecular flexibility index (Phi) is 4.57. The number of hydrogen-bond donors (Lipinski definition) is 1. The van der Waals surface area contributed by atoms with Gasteiger partial charge in [-0.3, -0.25) is 4.79 Å². The molecule has 0 atom stereocenters. The van der Waals surface area contributed by atoms with E-state index in [1.165, 1.54) is 11.3 Å². The number of fused-ring (bicyclic) bond motifs is 1. The molecule has 2 aromatic heterocycles. The van der Waals surface area contributed by atoms with Crippen molar-refractivity contribution in [1.29, 1.82) is 0 Å². The fraction of sp³-hybridized carbons (Fsp3) is 0.316. The molecule has 1 fully saturated rings. The average Bonchev–Trinajstić information content (AvgIpc) is 3.33. The maximum Gasteiger partial charge on any atom is 0.319 e. The fourth-order valence-corrected chi connectivity index (χ4v) is 4.30. The minimum absolute atomic E-state index is 0.0182. The molecule has 27 heavy (non-hydrogen) atoms. The predicted octanol–water partition coefficient (Wildman–Crippen LogP) is 2.49. The third-order valence-electron chi connectivity index (χ3n) is 4.74. The van der Waals surface area contributed by atoms with Gasteiger partial charge in [0.15, 0.2) is 0 Å². The highest BCUT2D eigenvalue weighted by atomic mass is 32.1. The monoisotopic (exact) mass is 383 g/mol. The summed E-state index contributed by atoms with van der Waals surface area (Å²) in [7, 11) is 1.79. The average molecular weight is 383 g/mol. The Balaban J connectivity index is 1.47. The Labute approximate surface area is 161 Å². The largest absolute Gasteiger partial charge is 0.350 e. The van der Waals surface area contributed by atoms with E-state index in [2.05, 4.69) is 10.4 Å². The number of carbonyl (C=O) groups excluding carboxylic acids is 2. The van der Waals surface area contributed by atoms with Gasteiger partial charge in [0.2, 0.25) is 0 Å². The summed E-state index contributed by atoms with van der Waals surface area (Å²) >= 11 is 1.43. The highest BCUT2D eigenvalue weighted by Crippen LogP contribution is 2.30. The van der Waals surface area contributed by atoms with E-state index in [1.54, 1.807) is 16.8 Å². The highest BCUT2D eigenvalue weighted by molar-refractivity contribution is 7.20. The first-order chi connectivity index (χ1) is 13.0. The van der Waals surface area contributed by atoms with Gasteiger partial charge in [-0.05, 0) is 25.1 Å². The lowest BCUT2D eigenvalue weighted by molar-refractivity contribution is 0.0954. The molecule has 7 nitrogen and oxygen atoms in total. The molecule has 0 spiro atoms. The molecule has 0 bridgehead atoms. The van der Waals surface area contributed by atoms with Crippen molar-refractivity contribution < 1.29 is 9.59 Å². The van der Waals surface area contributed by atoms with Crippen molar-refractivity contribution >= 4 is 33.5 Å². The molecule has 1 aliphatic heterocycles. The van der Waals surface area contributed by atoms with Crippen LogP contribution in [0.4, 0.5) is 4.79 Å². The lowest BCUT2D eigenvalue weighted by Gasteiger charge is -2.15. The van der Waals surface area contributed by atoms with Crippen molar-refractivity contribution in [2.75, 3.05) is 33.2 Å². The minimum atomic E-state index is -0.116. The van der Waals surface area contributed by atoms with Crippen LogP contribution in [0.5, 0.6) is 0 Å². The van der Waals surface area contributed by atoms with E-state index in [0.717, 1.165) is 28.1 Å². The van der Waals surface area contributed by atoms with E-state index < -0.39 is 0 Å². The van der Waals surface area contributed by atoms with E-state index in [9.17, 15) is 9.59 Å². The van der Waals surface area contributed by atoms with Gasteiger partial charge in [0.1, 0.15) is 4.83 Å². The van der Waals surface area contributed by atoms with Gasteiger partial charge in [-0.1, -0.05) is 18.2 Å². The first kappa shape index (κ1) is 17.5. The van der Waals surface area contributed by atoms with Crippen LogP contribution in [-0.4, -0.2) is 64.7 Å². The van der Waals surface area contributed by atoms with Crippen LogP contribution in [0.25, 0.3) is 15.9 Å². The quantitative estimate of drug-likeness (QED) is 0.736. The second-order valence-electron chi connectivity index (χ2n) is 6.61. The Morgan fingerprint density at radius 1 is 1.26 bits per heavy atom. The number of hydrogen-bond acceptors (Lipinski definition) is 4. The summed E-state index contributed by atoms with van der Waals surface area (Å²) in [6, 6.07) is 11.8. The molecule has 1 saturated heterocycles. The summed E-state index contributed by atoms with van der Waals surface area (Å²) in [6.45, 7) is 4.36. The van der Waals surface area contributed by atoms with Gasteiger partial charge >= 0.3 is 6.03 Å². The predicted molar refractivity (Wildman–Crippen MR) is 106 cm³/mol. The lowest BCUT2D eigenvalue weighted by atomic mass is 10.3. The fourth-order valence-electron chi connectivity index (χ4n) is 3.21. The molecule has 8 heteroatoms. The first-order valence-electron chi connectivity index (χ1n) is 8.87. The molecule has 4 rings (SSSR count). The molecule has 0 unspecified atom stereocenters. The number of rotatable bonds is 5. The second kappa shape index (κ2) is 7.03. The van der Waals surface area contributed by atoms with Crippen LogP contribution in [0.15, 0.2) is 36.4 Å². The van der Waals surface area contributed by atoms with Crippen LogP contribution in [0.3, 0.4) is 0 Å². The normalized spacial score (nSPS) is 14.4. The van der Waals surface area contributed by atoms with Gasteiger partial charge < -0.3 is 15.1 Å². The molecule has 1 aliphatic rings. The van der Waals surface area contributed by atoms with Crippen molar-refractivity contribution in [3.63, 3.8) is 0 Å². The van der Waals surface area contributed by atoms with Gasteiger partial charge in [0.25, 0.3) is 5.91 Å². The number of para-hydroxylation sites is 1. The minimum Gasteiger partial charge on any atom is -0.350 e. The first-order valence-corrected chi connectivity index (χ1v) is 9.69. The van der Waals surface area contributed by atoms with Crippen molar-refractivity contribution in [3.05, 3.63) is 47.0 Å². The Hall–Kier alpha value is -2.87. The van der Waals surface area contributed by atoms with E-state index in [4.69, 9.17) is 0 Å². The standard InChI is InChI=1S/C19H21N5O2S/c1-13-15-12-16(17(25)20-8-9-23-11-10-22(2)19(23)26)27-18(15)24(21-13)14-6-4-3-5-7-14/h3-7,12H,8-11H2,1-2H3,(H,20,25). The van der Waals surface area contributed by atoms with Crippen molar-refractivity contribution in [3.8, 4) is 5.69 Å². The number of aryl methyl sites for hydroxylation is 1. The number of benzene rings is 1. The third kappa shape index (κ3) is 3.28. The summed E-state index contributed by atoms with van der Waals surface area (Å²) in [6.07, 6.45) is 0. The van der Waals surface area contributed by atoms with Crippen LogP contribution in [0.2, 0.25) is 0 Å². The molecule has 3 aromatic rings. The Morgan fingerprint density at radius 2 is 2.04 bits per heavy atom. The number of thiophene rings is 1. The number of carbonyl (C=O) groups is 2. The van der Waals surface area contributed by atoms with E-state index in [-0.39, 0.29) is 11.9 Å². The molecule has 140 valence electrons. The maximum atomic E-state index is 12.5. The third-order valence-corrected chi connectivity index (χ3v) is 5.85. The van der Waals surface area contributed by atoms with E-state index >= 15 is 0 Å². The molecule has 0 aliphatic carbocycles. The van der Waals surface area contributed by atoms with Crippen LogP contribution >= 0.6 is 11.3 Å². The van der Waals surface area contributed by atoms with Gasteiger partial charge in [0.05, 0.1) is 16.3 Å². The Bertz CT molecular complexity index is 994. The molecule has 1 N–H and O–H groups in total. The molecular weight excluding hydrogens is 362 g/mol. The molecule has 0 radical (unpaired) electrons. The van der Waals surface area contributed by atoms with Crippen molar-refractivity contribution in [2.45, 2.75) is 6.92 Å². The Morgan fingerprint density at radius 3 is 2.74 bits per heavy atom. The summed E-state index contributed by atoms with van der Waals surface area (Å²) in [5.74, 6) is -0.116. The SMILES string of the molecule is Cc1nn(-c2ccccc2)c2sc(C(=O)NCCN3CCN(C)C3=O)cc12. The number of amides is 3. The van der Waals surface area contributed by atoms with Gasteiger partial charge in [0, 0.05) is 38.6 Å². The smallest absolute Gasteiger partial charge is 0.319 e. The molecule has 0 saturated carbocycles. The number of nitrogens with one attached hydrogen (secondary N) is 1. The van der Waals surface area contributed by atoms with Crippen LogP contribution in [0.1, 0.15) is 15.4 Å². The number of urea groups is 1. The highest BCUT2D eigenvalue weighted by Gasteiger charge is 2.24. The molecular formula is C19H21N5O2S. The van der Waals surface area contributed by atoms with Gasteiger partial charge in [-0.2, -0.15) is 5.10 Å². The number of nitrogens with zero attached hydrogens (tertiary/aromatic N) is 4. The zero-order chi connectivity index (χ0) is 19.0. The van der Waals surface area contributed by atoms with Gasteiger partial charge in [-0.15, -0.1) is 11.3 Å². The summed E-state index contributed by atoms with van der Waals surface area (Å²) < 4.78 is 1.88. The van der Waals surface area contributed by atoms with Gasteiger partial charge in [-0.25, -0.2) is 9.48 Å². The van der Waals surface area contributed by atoms with Crippen molar-refractivity contribution in [2.24, 2.45) is 0 Å². The molecule has 1 aromatic carbocycles. The number of aromatic nitrogens is 2. The zero-order valence-electron chi connectivity index (χ0n) is 15.3. The van der Waals surface area contributed by atoms with E-state index in [1.807, 2.05) is 48.0 Å². The number of likely N-dealkylation sites (N-methyl/N-ethyl adjacent to an activating group) is 1. The molecule has 3 heterocycles. The lowest BCUT2D eigenvalue weighted by Crippen LogP contribution is -2.37. The second-order valence-corrected chi connectivity index (χ2v) is 7.64. The summed E-state index contributed by atoms with van der Waals surface area (Å²) in [4.78, 5) is 29.5. The topological polar surface area (TPSA) is 70.5 Å². The van der Waals surface area contributed by atoms with Crippen molar-refractivity contribution in [1.82, 2.24) is 24.9 Å². The zero-order valence-corrected chi connectivity index (χ0v) is 16.1. The van der Waals surface area contributed by atoms with E-state index in [0.29, 0.717) is 24.5 Å². The van der Waals surface area contributed by atoms with Crippen LogP contribution < -0.4 is 5.32 Å². The summed E-state index contributed by atoms with van der Waals surface area (Å²) in [5, 5.41) is 8.51. The molecule has 3 amide bonds. The summed E-state index contributed by atoms with van der Waals surface area (Å²) in [5.41, 5.74) is 1.87. The van der Waals surface area contributed by atoms with Crippen LogP contribution in [-0.2, 0) is 0 Å². The maximum absolute atomic E-state index is 12.5.